The summed E-state index contributed by atoms with van der Waals surface area (Å²) in [6, 6.07) is 6.66. The summed E-state index contributed by atoms with van der Waals surface area (Å²) in [5, 5.41) is -0.0875. The molecule has 5 heteroatoms. The lowest BCUT2D eigenvalue weighted by molar-refractivity contribution is 0.0451. The van der Waals surface area contributed by atoms with E-state index in [0.717, 1.165) is 0 Å². The van der Waals surface area contributed by atoms with Crippen molar-refractivity contribution in [2.75, 3.05) is 6.61 Å². The molecule has 0 aliphatic heterocycles. The minimum absolute atomic E-state index is 0.0875. The summed E-state index contributed by atoms with van der Waals surface area (Å²) in [5.41, 5.74) is 0.531. The predicted molar refractivity (Wildman–Crippen MR) is 94.2 cm³/mol. The van der Waals surface area contributed by atoms with Crippen molar-refractivity contribution in [3.8, 4) is 0 Å². The third-order valence-electron chi connectivity index (χ3n) is 4.07. The smallest absolute Gasteiger partial charge is 0.339 e. The van der Waals surface area contributed by atoms with Crippen molar-refractivity contribution in [2.45, 2.75) is 52.8 Å². The Balaban J connectivity index is 3.01. The predicted octanol–water partition coefficient (Wildman–Crippen LogP) is 4.66. The number of benzene rings is 1. The maximum absolute atomic E-state index is 12.6. The second-order valence-electron chi connectivity index (χ2n) is 7.69. The van der Waals surface area contributed by atoms with E-state index in [4.69, 9.17) is 9.16 Å². The van der Waals surface area contributed by atoms with Crippen LogP contribution in [0.3, 0.4) is 0 Å². The molecule has 128 valence electrons. The Labute approximate surface area is 140 Å². The monoisotopic (exact) mass is 336 g/mol. The molecular weight excluding hydrogens is 308 g/mol. The maximum Gasteiger partial charge on any atom is 0.339 e. The first-order valence-electron chi connectivity index (χ1n) is 7.95. The largest absolute Gasteiger partial charge is 0.516 e. The summed E-state index contributed by atoms with van der Waals surface area (Å²) in [5.74, 6) is -0.694. The van der Waals surface area contributed by atoms with Crippen LogP contribution in [0.1, 0.15) is 55.3 Å². The molecule has 0 fully saturated rings. The van der Waals surface area contributed by atoms with Crippen LogP contribution in [-0.4, -0.2) is 26.9 Å². The second-order valence-corrected chi connectivity index (χ2v) is 12.4. The Morgan fingerprint density at radius 1 is 1.04 bits per heavy atom. The molecule has 4 nitrogen and oxygen atoms in total. The van der Waals surface area contributed by atoms with Gasteiger partial charge in [-0.25, -0.2) is 9.59 Å². The topological polar surface area (TPSA) is 52.6 Å². The van der Waals surface area contributed by atoms with Gasteiger partial charge in [-0.05, 0) is 36.2 Å². The fraction of sp³-hybridized carbons (Fsp3) is 0.556. The van der Waals surface area contributed by atoms with Gasteiger partial charge >= 0.3 is 11.9 Å². The summed E-state index contributed by atoms with van der Waals surface area (Å²) in [6.45, 7) is 14.5. The summed E-state index contributed by atoms with van der Waals surface area (Å²) < 4.78 is 11.0. The van der Waals surface area contributed by atoms with Crippen LogP contribution < -0.4 is 0 Å². The number of ether oxygens (including phenoxy) is 1. The normalized spacial score (nSPS) is 12.2. The zero-order valence-corrected chi connectivity index (χ0v) is 16.2. The molecule has 0 radical (unpaired) electrons. The summed E-state index contributed by atoms with van der Waals surface area (Å²) >= 11 is 0. The molecule has 0 spiro atoms. The maximum atomic E-state index is 12.6. The molecule has 0 aliphatic carbocycles. The minimum atomic E-state index is -2.25. The van der Waals surface area contributed by atoms with E-state index >= 15 is 0 Å². The van der Waals surface area contributed by atoms with Crippen LogP contribution >= 0.6 is 0 Å². The Morgan fingerprint density at radius 2 is 1.52 bits per heavy atom. The van der Waals surface area contributed by atoms with Crippen molar-refractivity contribution in [1.82, 2.24) is 0 Å². The molecule has 0 N–H and O–H groups in total. The van der Waals surface area contributed by atoms with Crippen molar-refractivity contribution in [3.63, 3.8) is 0 Å². The van der Waals surface area contributed by atoms with Crippen LogP contribution in [0, 0.1) is 5.92 Å². The first-order chi connectivity index (χ1) is 10.5. The van der Waals surface area contributed by atoms with Crippen molar-refractivity contribution < 1.29 is 18.8 Å². The lowest BCUT2D eigenvalue weighted by atomic mass is 10.1. The van der Waals surface area contributed by atoms with Gasteiger partial charge in [-0.15, -0.1) is 0 Å². The molecule has 1 aromatic rings. The second kappa shape index (κ2) is 7.30. The SMILES string of the molecule is CC(C)COC(=O)c1ccccc1C(=O)O[Si](C)(C)C(C)(C)C. The summed E-state index contributed by atoms with van der Waals surface area (Å²) in [7, 11) is -2.25. The molecular formula is C18H28O4Si. The molecule has 23 heavy (non-hydrogen) atoms. The highest BCUT2D eigenvalue weighted by Gasteiger charge is 2.41. The van der Waals surface area contributed by atoms with E-state index < -0.39 is 20.3 Å². The molecule has 0 saturated carbocycles. The van der Waals surface area contributed by atoms with E-state index in [9.17, 15) is 9.59 Å². The molecule has 0 unspecified atom stereocenters. The molecule has 0 aliphatic rings. The van der Waals surface area contributed by atoms with Crippen molar-refractivity contribution in [2.24, 2.45) is 5.92 Å². The van der Waals surface area contributed by atoms with E-state index in [1.54, 1.807) is 24.3 Å². The van der Waals surface area contributed by atoms with E-state index in [-0.39, 0.29) is 22.1 Å². The Bertz CT molecular complexity index is 571. The highest BCUT2D eigenvalue weighted by atomic mass is 28.4. The Morgan fingerprint density at radius 3 is 1.96 bits per heavy atom. The Kier molecular flexibility index (Phi) is 6.16. The number of carbonyl (C=O) groups is 2. The van der Waals surface area contributed by atoms with Crippen molar-refractivity contribution >= 4 is 20.3 Å². The van der Waals surface area contributed by atoms with Gasteiger partial charge in [0.2, 0.25) is 0 Å². The number of carbonyl (C=O) groups excluding carboxylic acids is 2. The van der Waals surface area contributed by atoms with Crippen LogP contribution in [0.25, 0.3) is 0 Å². The van der Waals surface area contributed by atoms with Gasteiger partial charge in [0.1, 0.15) is 0 Å². The van der Waals surface area contributed by atoms with Gasteiger partial charge in [-0.2, -0.15) is 0 Å². The molecule has 0 bridgehead atoms. The third kappa shape index (κ3) is 5.20. The first kappa shape index (κ1) is 19.4. The molecule has 1 rings (SSSR count). The highest BCUT2D eigenvalue weighted by molar-refractivity contribution is 6.75. The Hall–Kier alpha value is -1.62. The fourth-order valence-electron chi connectivity index (χ4n) is 1.60. The average molecular weight is 337 g/mol. The average Bonchev–Trinajstić information content (AvgIpc) is 2.43. The van der Waals surface area contributed by atoms with Crippen molar-refractivity contribution in [1.29, 1.82) is 0 Å². The quantitative estimate of drug-likeness (QED) is 0.579. The van der Waals surface area contributed by atoms with Gasteiger partial charge in [0.05, 0.1) is 17.7 Å². The van der Waals surface area contributed by atoms with Crippen LogP contribution in [0.2, 0.25) is 18.1 Å². The van der Waals surface area contributed by atoms with Gasteiger partial charge in [0.25, 0.3) is 8.32 Å². The molecule has 1 aromatic carbocycles. The molecule has 0 saturated heterocycles. The summed E-state index contributed by atoms with van der Waals surface area (Å²) in [6.07, 6.45) is 0. The zero-order valence-electron chi connectivity index (χ0n) is 15.2. The first-order valence-corrected chi connectivity index (χ1v) is 10.9. The van der Waals surface area contributed by atoms with Gasteiger partial charge in [0.15, 0.2) is 0 Å². The van der Waals surface area contributed by atoms with Crippen molar-refractivity contribution in [3.05, 3.63) is 35.4 Å². The number of rotatable bonds is 5. The zero-order chi connectivity index (χ0) is 17.8. The lowest BCUT2D eigenvalue weighted by Crippen LogP contribution is -2.42. The number of esters is 1. The fourth-order valence-corrected chi connectivity index (χ4v) is 2.48. The van der Waals surface area contributed by atoms with E-state index in [1.807, 2.05) is 26.9 Å². The van der Waals surface area contributed by atoms with E-state index in [1.165, 1.54) is 0 Å². The summed E-state index contributed by atoms with van der Waals surface area (Å²) in [4.78, 5) is 24.8. The lowest BCUT2D eigenvalue weighted by Gasteiger charge is -2.35. The van der Waals surface area contributed by atoms with Gasteiger partial charge in [-0.1, -0.05) is 46.8 Å². The van der Waals surface area contributed by atoms with Crippen LogP contribution in [0.4, 0.5) is 0 Å². The van der Waals surface area contributed by atoms with Gasteiger partial charge < -0.3 is 9.16 Å². The third-order valence-corrected chi connectivity index (χ3v) is 8.38. The molecule has 0 amide bonds. The minimum Gasteiger partial charge on any atom is -0.516 e. The standard InChI is InChI=1S/C18H28O4Si/c1-13(2)12-21-16(19)14-10-8-9-11-15(14)17(20)22-23(6,7)18(3,4)5/h8-11,13H,12H2,1-7H3. The van der Waals surface area contributed by atoms with Gasteiger partial charge in [-0.3, -0.25) is 0 Å². The molecule has 0 atom stereocenters. The molecule has 0 aromatic heterocycles. The van der Waals surface area contributed by atoms with Crippen LogP contribution in [0.5, 0.6) is 0 Å². The molecule has 0 heterocycles. The van der Waals surface area contributed by atoms with Crippen LogP contribution in [-0.2, 0) is 9.16 Å². The number of hydrogen-bond donors (Lipinski definition) is 0. The number of hydrogen-bond acceptors (Lipinski definition) is 4. The van der Waals surface area contributed by atoms with E-state index in [2.05, 4.69) is 20.8 Å². The van der Waals surface area contributed by atoms with Crippen LogP contribution in [0.15, 0.2) is 24.3 Å². The highest BCUT2D eigenvalue weighted by Crippen LogP contribution is 2.37. The van der Waals surface area contributed by atoms with E-state index in [0.29, 0.717) is 6.61 Å². The van der Waals surface area contributed by atoms with Gasteiger partial charge in [0, 0.05) is 0 Å².